The van der Waals surface area contributed by atoms with Crippen molar-refractivity contribution in [1.82, 2.24) is 0 Å². The number of esters is 2. The van der Waals surface area contributed by atoms with E-state index < -0.39 is 48.1 Å². The van der Waals surface area contributed by atoms with Crippen LogP contribution in [0.2, 0.25) is 0 Å². The number of hydrogen-bond acceptors (Lipinski definition) is 6. The van der Waals surface area contributed by atoms with Crippen molar-refractivity contribution in [3.63, 3.8) is 0 Å². The molecule has 1 fully saturated rings. The Morgan fingerprint density at radius 3 is 2.35 bits per heavy atom. The van der Waals surface area contributed by atoms with Crippen LogP contribution >= 0.6 is 0 Å². The molecule has 0 aromatic heterocycles. The number of ether oxygens (including phenoxy) is 2. The number of hydrogen-bond donors (Lipinski definition) is 0. The number of benzene rings is 1. The summed E-state index contributed by atoms with van der Waals surface area (Å²) >= 11 is 0. The van der Waals surface area contributed by atoms with Crippen LogP contribution in [0.25, 0.3) is 0 Å². The van der Waals surface area contributed by atoms with Gasteiger partial charge in [-0.25, -0.2) is 4.79 Å². The molecular formula is C15H12F2O6. The van der Waals surface area contributed by atoms with E-state index in [1.54, 1.807) is 6.07 Å². The van der Waals surface area contributed by atoms with E-state index in [1.807, 2.05) is 0 Å². The van der Waals surface area contributed by atoms with Crippen molar-refractivity contribution in [2.45, 2.75) is 19.0 Å². The maximum atomic E-state index is 13.9. The van der Waals surface area contributed by atoms with Crippen LogP contribution in [0.15, 0.2) is 30.3 Å². The van der Waals surface area contributed by atoms with Gasteiger partial charge in [-0.05, 0) is 12.1 Å². The molecule has 2 atom stereocenters. The number of carbonyl (C=O) groups excluding carboxylic acids is 4. The minimum absolute atomic E-state index is 0.0127. The number of carbonyl (C=O) groups is 4. The summed E-state index contributed by atoms with van der Waals surface area (Å²) in [4.78, 5) is 45.7. The molecule has 0 aliphatic heterocycles. The molecule has 0 N–H and O–H groups in total. The molecule has 6 nitrogen and oxygen atoms in total. The lowest BCUT2D eigenvalue weighted by atomic mass is 10.1. The molecule has 8 heteroatoms. The molecule has 1 aromatic rings. The zero-order chi connectivity index (χ0) is 17.2. The van der Waals surface area contributed by atoms with Gasteiger partial charge in [-0.3, -0.25) is 14.4 Å². The van der Waals surface area contributed by atoms with E-state index in [9.17, 15) is 28.0 Å². The minimum Gasteiger partial charge on any atom is -0.465 e. The van der Waals surface area contributed by atoms with Gasteiger partial charge < -0.3 is 9.47 Å². The lowest BCUT2D eigenvalue weighted by Gasteiger charge is -2.22. The average Bonchev–Trinajstić information content (AvgIpc) is 2.67. The van der Waals surface area contributed by atoms with Gasteiger partial charge in [0.2, 0.25) is 5.78 Å². The van der Waals surface area contributed by atoms with Crippen molar-refractivity contribution < 1.29 is 37.4 Å². The highest BCUT2D eigenvalue weighted by Gasteiger charge is 2.65. The maximum Gasteiger partial charge on any atom is 0.349 e. The Morgan fingerprint density at radius 1 is 1.17 bits per heavy atom. The minimum atomic E-state index is -4.16. The van der Waals surface area contributed by atoms with E-state index in [4.69, 9.17) is 0 Å². The first-order valence-electron chi connectivity index (χ1n) is 6.61. The molecule has 0 heterocycles. The molecule has 1 aromatic carbocycles. The Labute approximate surface area is 129 Å². The topological polar surface area (TPSA) is 86.7 Å². The number of alkyl halides is 2. The SMILES string of the molecule is CC(=O)OC[C@H]1C(=O)C(=O)C(F)(F)[C@@H]1OC(=O)c1ccccc1. The Balaban J connectivity index is 2.24. The predicted molar refractivity (Wildman–Crippen MR) is 70.7 cm³/mol. The maximum absolute atomic E-state index is 13.9. The molecule has 0 amide bonds. The Kier molecular flexibility index (Phi) is 4.53. The predicted octanol–water partition coefficient (Wildman–Crippen LogP) is 1.18. The van der Waals surface area contributed by atoms with Crippen LogP contribution in [-0.4, -0.2) is 42.1 Å². The second kappa shape index (κ2) is 6.23. The first kappa shape index (κ1) is 16.7. The third kappa shape index (κ3) is 3.25. The lowest BCUT2D eigenvalue weighted by Crippen LogP contribution is -2.41. The molecule has 0 radical (unpaired) electrons. The summed E-state index contributed by atoms with van der Waals surface area (Å²) < 4.78 is 37.0. The molecule has 2 rings (SSSR count). The van der Waals surface area contributed by atoms with Crippen LogP contribution < -0.4 is 0 Å². The lowest BCUT2D eigenvalue weighted by molar-refractivity contribution is -0.155. The largest absolute Gasteiger partial charge is 0.465 e. The van der Waals surface area contributed by atoms with Gasteiger partial charge in [0.1, 0.15) is 12.5 Å². The fourth-order valence-electron chi connectivity index (χ4n) is 2.14. The zero-order valence-electron chi connectivity index (χ0n) is 12.0. The van der Waals surface area contributed by atoms with Gasteiger partial charge in [0, 0.05) is 6.92 Å². The number of halogens is 2. The van der Waals surface area contributed by atoms with Gasteiger partial charge >= 0.3 is 17.9 Å². The molecule has 1 saturated carbocycles. The van der Waals surface area contributed by atoms with E-state index in [0.29, 0.717) is 0 Å². The highest BCUT2D eigenvalue weighted by atomic mass is 19.3. The Bertz CT molecular complexity index is 655. The first-order chi connectivity index (χ1) is 10.7. The van der Waals surface area contributed by atoms with Crippen molar-refractivity contribution in [1.29, 1.82) is 0 Å². The Hall–Kier alpha value is -2.64. The van der Waals surface area contributed by atoms with E-state index in [0.717, 1.165) is 6.92 Å². The smallest absolute Gasteiger partial charge is 0.349 e. The van der Waals surface area contributed by atoms with Gasteiger partial charge in [0.25, 0.3) is 5.78 Å². The molecule has 23 heavy (non-hydrogen) atoms. The highest BCUT2D eigenvalue weighted by Crippen LogP contribution is 2.37. The van der Waals surface area contributed by atoms with Crippen LogP contribution in [0, 0.1) is 5.92 Å². The molecule has 0 saturated heterocycles. The number of Topliss-reactive ketones (excluding diaryl/α,β-unsaturated/α-hetero) is 2. The standard InChI is InChI=1S/C15H12F2O6/c1-8(18)22-7-10-11(19)12(20)15(16,17)13(10)23-14(21)9-5-3-2-4-6-9/h2-6,10,13H,7H2,1H3/t10-,13+/m0/s1. The summed E-state index contributed by atoms with van der Waals surface area (Å²) in [5.41, 5.74) is -0.0127. The van der Waals surface area contributed by atoms with Crippen LogP contribution in [0.1, 0.15) is 17.3 Å². The normalized spacial score (nSPS) is 22.7. The van der Waals surface area contributed by atoms with Gasteiger partial charge in [-0.15, -0.1) is 0 Å². The van der Waals surface area contributed by atoms with Crippen molar-refractivity contribution in [3.8, 4) is 0 Å². The van der Waals surface area contributed by atoms with Gasteiger partial charge in [-0.2, -0.15) is 8.78 Å². The second-order valence-electron chi connectivity index (χ2n) is 4.92. The monoisotopic (exact) mass is 326 g/mol. The summed E-state index contributed by atoms with van der Waals surface area (Å²) in [7, 11) is 0. The van der Waals surface area contributed by atoms with E-state index in [1.165, 1.54) is 24.3 Å². The quantitative estimate of drug-likeness (QED) is 0.610. The number of ketones is 2. The van der Waals surface area contributed by atoms with E-state index in [-0.39, 0.29) is 5.56 Å². The third-order valence-corrected chi connectivity index (χ3v) is 3.30. The fourth-order valence-corrected chi connectivity index (χ4v) is 2.14. The summed E-state index contributed by atoms with van der Waals surface area (Å²) in [5.74, 6) is -11.2. The first-order valence-corrected chi connectivity index (χ1v) is 6.61. The summed E-state index contributed by atoms with van der Waals surface area (Å²) in [6.07, 6.45) is -2.31. The van der Waals surface area contributed by atoms with Gasteiger partial charge in [0.15, 0.2) is 6.10 Å². The molecular weight excluding hydrogens is 314 g/mol. The van der Waals surface area contributed by atoms with Crippen molar-refractivity contribution in [3.05, 3.63) is 35.9 Å². The van der Waals surface area contributed by atoms with Crippen molar-refractivity contribution in [2.75, 3.05) is 6.61 Å². The fraction of sp³-hybridized carbons (Fsp3) is 0.333. The molecule has 1 aliphatic rings. The molecule has 0 spiro atoms. The van der Waals surface area contributed by atoms with Crippen molar-refractivity contribution in [2.24, 2.45) is 5.92 Å². The van der Waals surface area contributed by atoms with Gasteiger partial charge in [-0.1, -0.05) is 18.2 Å². The van der Waals surface area contributed by atoms with Gasteiger partial charge in [0.05, 0.1) is 5.56 Å². The molecule has 0 unspecified atom stereocenters. The zero-order valence-corrected chi connectivity index (χ0v) is 12.0. The summed E-state index contributed by atoms with van der Waals surface area (Å²) in [6.45, 7) is 0.257. The van der Waals surface area contributed by atoms with Crippen LogP contribution in [0.5, 0.6) is 0 Å². The number of rotatable bonds is 4. The second-order valence-corrected chi connectivity index (χ2v) is 4.92. The average molecular weight is 326 g/mol. The van der Waals surface area contributed by atoms with Crippen molar-refractivity contribution >= 4 is 23.5 Å². The van der Waals surface area contributed by atoms with Crippen LogP contribution in [0.3, 0.4) is 0 Å². The summed E-state index contributed by atoms with van der Waals surface area (Å²) in [5, 5.41) is 0. The van der Waals surface area contributed by atoms with Crippen LogP contribution in [0.4, 0.5) is 8.78 Å². The third-order valence-electron chi connectivity index (χ3n) is 3.30. The molecule has 122 valence electrons. The Morgan fingerprint density at radius 2 is 1.78 bits per heavy atom. The molecule has 0 bridgehead atoms. The highest BCUT2D eigenvalue weighted by molar-refractivity contribution is 6.43. The van der Waals surface area contributed by atoms with E-state index >= 15 is 0 Å². The van der Waals surface area contributed by atoms with Crippen LogP contribution in [-0.2, 0) is 23.9 Å². The molecule has 1 aliphatic carbocycles. The van der Waals surface area contributed by atoms with E-state index in [2.05, 4.69) is 9.47 Å². The summed E-state index contributed by atoms with van der Waals surface area (Å²) in [6, 6.07) is 7.27.